The summed E-state index contributed by atoms with van der Waals surface area (Å²) in [4.78, 5) is 23.9. The van der Waals surface area contributed by atoms with Gasteiger partial charge in [0.1, 0.15) is 12.4 Å². The van der Waals surface area contributed by atoms with E-state index in [0.717, 1.165) is 10.6 Å². The average Bonchev–Trinajstić information content (AvgIpc) is 3.00. The van der Waals surface area contributed by atoms with Crippen molar-refractivity contribution in [3.05, 3.63) is 82.2 Å². The SMILES string of the molecule is O=C(Cn1cc(-c2ccc(F)cc2)oc1=O)NCc1ccccc1C(F)(F)F. The molecule has 2 aromatic carbocycles. The summed E-state index contributed by atoms with van der Waals surface area (Å²) in [6.45, 7) is -0.774. The first-order valence-corrected chi connectivity index (χ1v) is 8.12. The van der Waals surface area contributed by atoms with E-state index < -0.39 is 35.8 Å². The Morgan fingerprint density at radius 2 is 1.75 bits per heavy atom. The Labute approximate surface area is 156 Å². The second-order valence-corrected chi connectivity index (χ2v) is 5.93. The largest absolute Gasteiger partial charge is 0.419 e. The second kappa shape index (κ2) is 7.71. The van der Waals surface area contributed by atoms with Gasteiger partial charge in [0.25, 0.3) is 0 Å². The van der Waals surface area contributed by atoms with E-state index in [9.17, 15) is 27.2 Å². The van der Waals surface area contributed by atoms with Gasteiger partial charge < -0.3 is 9.73 Å². The highest BCUT2D eigenvalue weighted by atomic mass is 19.4. The zero-order chi connectivity index (χ0) is 20.3. The van der Waals surface area contributed by atoms with E-state index in [2.05, 4.69) is 5.32 Å². The maximum Gasteiger partial charge on any atom is 0.419 e. The highest BCUT2D eigenvalue weighted by Crippen LogP contribution is 2.31. The Kier molecular flexibility index (Phi) is 5.34. The van der Waals surface area contributed by atoms with Crippen LogP contribution in [0.3, 0.4) is 0 Å². The van der Waals surface area contributed by atoms with Gasteiger partial charge in [0.15, 0.2) is 5.76 Å². The van der Waals surface area contributed by atoms with E-state index in [-0.39, 0.29) is 17.9 Å². The van der Waals surface area contributed by atoms with Crippen LogP contribution in [0.4, 0.5) is 17.6 Å². The normalized spacial score (nSPS) is 11.4. The third kappa shape index (κ3) is 4.48. The molecule has 0 saturated carbocycles. The van der Waals surface area contributed by atoms with Crippen LogP contribution in [0.1, 0.15) is 11.1 Å². The van der Waals surface area contributed by atoms with E-state index in [1.165, 1.54) is 48.7 Å². The summed E-state index contributed by atoms with van der Waals surface area (Å²) >= 11 is 0. The van der Waals surface area contributed by atoms with Gasteiger partial charge in [-0.25, -0.2) is 9.18 Å². The first kappa shape index (κ1) is 19.4. The zero-order valence-corrected chi connectivity index (χ0v) is 14.3. The van der Waals surface area contributed by atoms with Crippen molar-refractivity contribution in [2.75, 3.05) is 0 Å². The number of aromatic nitrogens is 1. The molecule has 0 fully saturated rings. The highest BCUT2D eigenvalue weighted by molar-refractivity contribution is 5.75. The number of nitrogens with zero attached hydrogens (tertiary/aromatic N) is 1. The number of carbonyl (C=O) groups is 1. The number of carbonyl (C=O) groups excluding carboxylic acids is 1. The van der Waals surface area contributed by atoms with Gasteiger partial charge >= 0.3 is 11.9 Å². The molecule has 0 atom stereocenters. The fourth-order valence-corrected chi connectivity index (χ4v) is 2.59. The molecule has 9 heteroatoms. The van der Waals surface area contributed by atoms with Crippen LogP contribution in [0.15, 0.2) is 63.9 Å². The molecule has 0 aliphatic carbocycles. The molecular formula is C19H14F4N2O3. The summed E-state index contributed by atoms with van der Waals surface area (Å²) in [7, 11) is 0. The number of nitrogens with one attached hydrogen (secondary N) is 1. The first-order valence-electron chi connectivity index (χ1n) is 8.12. The van der Waals surface area contributed by atoms with Crippen molar-refractivity contribution in [3.63, 3.8) is 0 Å². The summed E-state index contributed by atoms with van der Waals surface area (Å²) in [5.41, 5.74) is -0.485. The number of hydrogen-bond acceptors (Lipinski definition) is 3. The lowest BCUT2D eigenvalue weighted by atomic mass is 10.1. The number of benzene rings is 2. The first-order chi connectivity index (χ1) is 13.2. The molecule has 1 aromatic heterocycles. The smallest absolute Gasteiger partial charge is 0.408 e. The Morgan fingerprint density at radius 1 is 1.07 bits per heavy atom. The van der Waals surface area contributed by atoms with Crippen LogP contribution >= 0.6 is 0 Å². The highest BCUT2D eigenvalue weighted by Gasteiger charge is 2.32. The molecule has 5 nitrogen and oxygen atoms in total. The Hall–Kier alpha value is -3.36. The third-order valence-electron chi connectivity index (χ3n) is 3.95. The summed E-state index contributed by atoms with van der Waals surface area (Å²) < 4.78 is 57.9. The van der Waals surface area contributed by atoms with Crippen molar-refractivity contribution >= 4 is 5.91 Å². The molecule has 3 aromatic rings. The quantitative estimate of drug-likeness (QED) is 0.673. The lowest BCUT2D eigenvalue weighted by molar-refractivity contribution is -0.138. The predicted molar refractivity (Wildman–Crippen MR) is 91.7 cm³/mol. The van der Waals surface area contributed by atoms with E-state index in [4.69, 9.17) is 4.42 Å². The molecular weight excluding hydrogens is 380 g/mol. The Bertz CT molecular complexity index is 1040. The van der Waals surface area contributed by atoms with Crippen LogP contribution in [0, 0.1) is 5.82 Å². The fraction of sp³-hybridized carbons (Fsp3) is 0.158. The van der Waals surface area contributed by atoms with Gasteiger partial charge in [-0.3, -0.25) is 9.36 Å². The molecule has 0 bridgehead atoms. The fourth-order valence-electron chi connectivity index (χ4n) is 2.59. The maximum atomic E-state index is 13.0. The number of rotatable bonds is 5. The van der Waals surface area contributed by atoms with Crippen molar-refractivity contribution in [1.82, 2.24) is 9.88 Å². The van der Waals surface area contributed by atoms with Crippen LogP contribution in [-0.2, 0) is 24.1 Å². The summed E-state index contributed by atoms with van der Waals surface area (Å²) in [5, 5.41) is 2.35. The van der Waals surface area contributed by atoms with E-state index in [0.29, 0.717) is 5.56 Å². The lowest BCUT2D eigenvalue weighted by Crippen LogP contribution is -2.30. The second-order valence-electron chi connectivity index (χ2n) is 5.93. The molecule has 3 rings (SSSR count). The minimum atomic E-state index is -4.53. The third-order valence-corrected chi connectivity index (χ3v) is 3.95. The molecule has 146 valence electrons. The molecule has 0 unspecified atom stereocenters. The predicted octanol–water partition coefficient (Wildman–Crippen LogP) is 3.58. The summed E-state index contributed by atoms with van der Waals surface area (Å²) in [6, 6.07) is 10.1. The van der Waals surface area contributed by atoms with E-state index in [1.807, 2.05) is 0 Å². The molecule has 1 heterocycles. The van der Waals surface area contributed by atoms with Crippen LogP contribution in [-0.4, -0.2) is 10.5 Å². The minimum absolute atomic E-state index is 0.0881. The molecule has 0 aliphatic heterocycles. The summed E-state index contributed by atoms with van der Waals surface area (Å²) in [5.74, 6) is -1.79. The van der Waals surface area contributed by atoms with Crippen molar-refractivity contribution < 1.29 is 26.8 Å². The van der Waals surface area contributed by atoms with Crippen molar-refractivity contribution in [3.8, 4) is 11.3 Å². The molecule has 28 heavy (non-hydrogen) atoms. The standard InChI is InChI=1S/C19H14F4N2O3/c20-14-7-5-12(6-8-14)16-10-25(18(27)28-16)11-17(26)24-9-13-3-1-2-4-15(13)19(21,22)23/h1-8,10H,9,11H2,(H,24,26). The molecule has 0 radical (unpaired) electrons. The van der Waals surface area contributed by atoms with Gasteiger partial charge in [-0.2, -0.15) is 13.2 Å². The minimum Gasteiger partial charge on any atom is -0.408 e. The van der Waals surface area contributed by atoms with Crippen molar-refractivity contribution in [2.24, 2.45) is 0 Å². The van der Waals surface area contributed by atoms with Gasteiger partial charge in [-0.1, -0.05) is 18.2 Å². The van der Waals surface area contributed by atoms with Gasteiger partial charge in [0.2, 0.25) is 5.91 Å². The van der Waals surface area contributed by atoms with Crippen LogP contribution in [0.25, 0.3) is 11.3 Å². The Balaban J connectivity index is 1.68. The lowest BCUT2D eigenvalue weighted by Gasteiger charge is -2.13. The molecule has 0 aliphatic rings. The van der Waals surface area contributed by atoms with E-state index >= 15 is 0 Å². The van der Waals surface area contributed by atoms with Gasteiger partial charge in [0.05, 0.1) is 11.8 Å². The average molecular weight is 394 g/mol. The number of hydrogen-bond donors (Lipinski definition) is 1. The topological polar surface area (TPSA) is 64.2 Å². The number of amides is 1. The van der Waals surface area contributed by atoms with Crippen molar-refractivity contribution in [2.45, 2.75) is 19.3 Å². The zero-order valence-electron chi connectivity index (χ0n) is 14.3. The van der Waals surface area contributed by atoms with Crippen LogP contribution in [0.2, 0.25) is 0 Å². The van der Waals surface area contributed by atoms with Crippen molar-refractivity contribution in [1.29, 1.82) is 0 Å². The molecule has 0 spiro atoms. The Morgan fingerprint density at radius 3 is 2.43 bits per heavy atom. The monoisotopic (exact) mass is 394 g/mol. The maximum absolute atomic E-state index is 13.0. The van der Waals surface area contributed by atoms with Crippen LogP contribution < -0.4 is 11.1 Å². The van der Waals surface area contributed by atoms with Gasteiger partial charge in [-0.05, 0) is 35.9 Å². The molecule has 1 N–H and O–H groups in total. The number of oxazole rings is 1. The summed E-state index contributed by atoms with van der Waals surface area (Å²) in [6.07, 6.45) is -3.26. The molecule has 1 amide bonds. The van der Waals surface area contributed by atoms with Gasteiger partial charge in [0, 0.05) is 12.1 Å². The van der Waals surface area contributed by atoms with E-state index in [1.54, 1.807) is 0 Å². The van der Waals surface area contributed by atoms with Gasteiger partial charge in [-0.15, -0.1) is 0 Å². The number of halogens is 4. The van der Waals surface area contributed by atoms with Crippen LogP contribution in [0.5, 0.6) is 0 Å². The molecule has 0 saturated heterocycles. The number of alkyl halides is 3.